The van der Waals surface area contributed by atoms with E-state index in [4.69, 9.17) is 19.7 Å². The summed E-state index contributed by atoms with van der Waals surface area (Å²) in [5, 5.41) is 45.4. The summed E-state index contributed by atoms with van der Waals surface area (Å²) in [6.45, 7) is 1.90. The zero-order valence-corrected chi connectivity index (χ0v) is 13.1. The Labute approximate surface area is 137 Å². The normalized spacial score (nSPS) is 51.3. The first kappa shape index (κ1) is 17.6. The number of hydrogen-bond acceptors (Lipinski definition) is 7. The first-order chi connectivity index (χ1) is 11.2. The molecule has 4 aliphatic heterocycles. The van der Waals surface area contributed by atoms with E-state index in [1.807, 2.05) is 6.92 Å². The Balaban J connectivity index is 0.000000141. The van der Waals surface area contributed by atoms with Gasteiger partial charge in [-0.25, -0.2) is 0 Å². The van der Waals surface area contributed by atoms with Crippen LogP contribution < -0.4 is 0 Å². The highest BCUT2D eigenvalue weighted by molar-refractivity contribution is 5.72. The van der Waals surface area contributed by atoms with E-state index in [-0.39, 0.29) is 12.0 Å². The summed E-state index contributed by atoms with van der Waals surface area (Å²) in [6, 6.07) is 0. The van der Waals surface area contributed by atoms with E-state index in [2.05, 4.69) is 0 Å². The van der Waals surface area contributed by atoms with Crippen molar-refractivity contribution in [2.45, 2.75) is 62.5 Å². The van der Waals surface area contributed by atoms with Crippen LogP contribution >= 0.6 is 0 Å². The Morgan fingerprint density at radius 1 is 0.792 bits per heavy atom. The maximum atomic E-state index is 10.7. The number of ether oxygens (including phenoxy) is 2. The average Bonchev–Trinajstić information content (AvgIpc) is 3.25. The van der Waals surface area contributed by atoms with Crippen molar-refractivity contribution in [2.24, 2.45) is 17.8 Å². The molecule has 9 heteroatoms. The molecule has 5 N–H and O–H groups in total. The first-order valence-electron chi connectivity index (χ1n) is 8.03. The smallest absolute Gasteiger partial charge is 0.309 e. The molecule has 0 saturated carbocycles. The van der Waals surface area contributed by atoms with Crippen molar-refractivity contribution in [3.63, 3.8) is 0 Å². The molecule has 9 nitrogen and oxygen atoms in total. The van der Waals surface area contributed by atoms with E-state index >= 15 is 0 Å². The third-order valence-electron chi connectivity index (χ3n) is 5.59. The lowest BCUT2D eigenvalue weighted by molar-refractivity contribution is -0.146. The van der Waals surface area contributed by atoms with Gasteiger partial charge in [-0.05, 0) is 12.8 Å². The molecule has 4 heterocycles. The van der Waals surface area contributed by atoms with Crippen LogP contribution in [0.5, 0.6) is 0 Å². The van der Waals surface area contributed by atoms with Gasteiger partial charge in [0.05, 0.1) is 42.4 Å². The molecule has 0 spiro atoms. The molecule has 0 aliphatic carbocycles. The Hall–Kier alpha value is -1.26. The summed E-state index contributed by atoms with van der Waals surface area (Å²) >= 11 is 0. The number of rotatable bonds is 2. The lowest BCUT2D eigenvalue weighted by Crippen LogP contribution is -2.43. The summed E-state index contributed by atoms with van der Waals surface area (Å²) < 4.78 is 10.4. The molecule has 0 amide bonds. The van der Waals surface area contributed by atoms with Crippen LogP contribution in [0.4, 0.5) is 0 Å². The molecule has 4 fully saturated rings. The summed E-state index contributed by atoms with van der Waals surface area (Å²) in [6.07, 6.45) is -3.42. The molecule has 4 bridgehead atoms. The van der Waals surface area contributed by atoms with Gasteiger partial charge in [-0.1, -0.05) is 6.92 Å². The number of carboxylic acids is 2. The number of aliphatic carboxylic acids is 2. The summed E-state index contributed by atoms with van der Waals surface area (Å²) in [7, 11) is 0. The molecule has 0 radical (unpaired) electrons. The van der Waals surface area contributed by atoms with Gasteiger partial charge in [0.15, 0.2) is 0 Å². The van der Waals surface area contributed by atoms with Gasteiger partial charge >= 0.3 is 11.9 Å². The van der Waals surface area contributed by atoms with Crippen molar-refractivity contribution in [1.29, 1.82) is 0 Å². The van der Waals surface area contributed by atoms with Crippen molar-refractivity contribution >= 4 is 11.9 Å². The van der Waals surface area contributed by atoms with Crippen LogP contribution in [-0.4, -0.2) is 80.2 Å². The third-order valence-corrected chi connectivity index (χ3v) is 5.59. The topological polar surface area (TPSA) is 154 Å². The summed E-state index contributed by atoms with van der Waals surface area (Å²) in [5.74, 6) is -2.89. The molecular formula is C15H22O9. The first-order valence-corrected chi connectivity index (χ1v) is 8.03. The van der Waals surface area contributed by atoms with Crippen LogP contribution in [-0.2, 0) is 19.1 Å². The van der Waals surface area contributed by atoms with Crippen LogP contribution in [0.3, 0.4) is 0 Å². The molecule has 10 atom stereocenters. The fraction of sp³-hybridized carbons (Fsp3) is 0.867. The minimum atomic E-state index is -1.04. The lowest BCUT2D eigenvalue weighted by Gasteiger charge is -2.24. The fourth-order valence-electron chi connectivity index (χ4n) is 4.08. The van der Waals surface area contributed by atoms with Gasteiger partial charge in [0.2, 0.25) is 0 Å². The van der Waals surface area contributed by atoms with Gasteiger partial charge in [-0.3, -0.25) is 9.59 Å². The van der Waals surface area contributed by atoms with E-state index in [0.717, 1.165) is 0 Å². The number of hydrogen-bond donors (Lipinski definition) is 5. The zero-order valence-electron chi connectivity index (χ0n) is 13.1. The minimum Gasteiger partial charge on any atom is -0.481 e. The van der Waals surface area contributed by atoms with E-state index in [0.29, 0.717) is 12.8 Å². The Morgan fingerprint density at radius 3 is 1.62 bits per heavy atom. The number of fused-ring (bicyclic) bond motifs is 4. The third kappa shape index (κ3) is 2.70. The molecule has 0 aromatic heterocycles. The van der Waals surface area contributed by atoms with Crippen LogP contribution in [0, 0.1) is 17.8 Å². The molecular weight excluding hydrogens is 324 g/mol. The van der Waals surface area contributed by atoms with Crippen LogP contribution in [0.25, 0.3) is 0 Å². The molecule has 0 aromatic rings. The second-order valence-electron chi connectivity index (χ2n) is 6.97. The second-order valence-corrected chi connectivity index (χ2v) is 6.97. The van der Waals surface area contributed by atoms with Gasteiger partial charge in [0.25, 0.3) is 0 Å². The van der Waals surface area contributed by atoms with E-state index in [1.54, 1.807) is 0 Å². The average molecular weight is 346 g/mol. The van der Waals surface area contributed by atoms with Crippen molar-refractivity contribution in [3.8, 4) is 0 Å². The highest BCUT2D eigenvalue weighted by Gasteiger charge is 2.56. The maximum Gasteiger partial charge on any atom is 0.309 e. The van der Waals surface area contributed by atoms with E-state index in [9.17, 15) is 24.9 Å². The molecule has 6 unspecified atom stereocenters. The Kier molecular flexibility index (Phi) is 4.56. The molecule has 4 aliphatic rings. The summed E-state index contributed by atoms with van der Waals surface area (Å²) in [4.78, 5) is 21.2. The number of aliphatic hydroxyl groups excluding tert-OH is 3. The van der Waals surface area contributed by atoms with Gasteiger partial charge in [0.1, 0.15) is 12.2 Å². The van der Waals surface area contributed by atoms with Gasteiger partial charge in [0, 0.05) is 5.92 Å². The monoisotopic (exact) mass is 346 g/mol. The molecule has 0 aromatic carbocycles. The number of carboxylic acid groups (broad SMARTS) is 2. The summed E-state index contributed by atoms with van der Waals surface area (Å²) in [5.41, 5.74) is 0. The maximum absolute atomic E-state index is 10.7. The minimum absolute atomic E-state index is 0.0499. The predicted octanol–water partition coefficient (Wildman–Crippen LogP) is -1.56. The highest BCUT2D eigenvalue weighted by Crippen LogP contribution is 2.42. The molecule has 4 rings (SSSR count). The molecule has 24 heavy (non-hydrogen) atoms. The van der Waals surface area contributed by atoms with Crippen LogP contribution in [0.2, 0.25) is 0 Å². The SMILES string of the molecule is C[C@H]1C(O)C2O[C@H]1CC2C(=O)O.O=C(O)C1C[C@@H]2OC1C(O)[C@@H]2O. The van der Waals surface area contributed by atoms with Crippen LogP contribution in [0.1, 0.15) is 19.8 Å². The van der Waals surface area contributed by atoms with Crippen molar-refractivity contribution in [3.05, 3.63) is 0 Å². The van der Waals surface area contributed by atoms with Gasteiger partial charge < -0.3 is 35.0 Å². The van der Waals surface area contributed by atoms with E-state index < -0.39 is 60.4 Å². The lowest BCUT2D eigenvalue weighted by atomic mass is 9.81. The quantitative estimate of drug-likeness (QED) is 0.399. The zero-order chi connectivity index (χ0) is 17.8. The Morgan fingerprint density at radius 2 is 1.25 bits per heavy atom. The highest BCUT2D eigenvalue weighted by atomic mass is 16.6. The largest absolute Gasteiger partial charge is 0.481 e. The van der Waals surface area contributed by atoms with Crippen molar-refractivity contribution < 1.29 is 44.6 Å². The van der Waals surface area contributed by atoms with Crippen LogP contribution in [0.15, 0.2) is 0 Å². The Bertz CT molecular complexity index is 473. The van der Waals surface area contributed by atoms with Crippen molar-refractivity contribution in [2.75, 3.05) is 0 Å². The fourth-order valence-corrected chi connectivity index (χ4v) is 4.08. The standard InChI is InChI=1S/C8H12O4.C7H10O5/c1-3-5-2-4(8(10)11)7(12-5)6(3)9;8-4-3-1-2(7(10)11)6(12-3)5(4)9/h3-7,9H,2H2,1H3,(H,10,11);2-6,8-9H,1H2,(H,10,11)/t3-,4?,5+,6?,7?;2?,3-,4+,5?,6?/m10/s1. The van der Waals surface area contributed by atoms with E-state index in [1.165, 1.54) is 0 Å². The number of aliphatic hydroxyl groups is 3. The van der Waals surface area contributed by atoms with Gasteiger partial charge in [-0.15, -0.1) is 0 Å². The number of carbonyl (C=O) groups is 2. The molecule has 4 saturated heterocycles. The van der Waals surface area contributed by atoms with Crippen molar-refractivity contribution in [1.82, 2.24) is 0 Å². The van der Waals surface area contributed by atoms with Gasteiger partial charge in [-0.2, -0.15) is 0 Å². The molecule has 136 valence electrons. The second kappa shape index (κ2) is 6.23. The predicted molar refractivity (Wildman–Crippen MR) is 76.0 cm³/mol.